The van der Waals surface area contributed by atoms with E-state index in [0.29, 0.717) is 5.76 Å². The van der Waals surface area contributed by atoms with Gasteiger partial charge in [-0.05, 0) is 24.3 Å². The predicted octanol–water partition coefficient (Wildman–Crippen LogP) is 1.95. The van der Waals surface area contributed by atoms with E-state index < -0.39 is 10.8 Å². The number of hydrogen-bond acceptors (Lipinski definition) is 5. The Balaban J connectivity index is 1.98. The predicted molar refractivity (Wildman–Crippen MR) is 66.9 cm³/mol. The Morgan fingerprint density at radius 3 is 2.63 bits per heavy atom. The molecule has 1 aromatic carbocycles. The average molecular weight is 259 g/mol. The summed E-state index contributed by atoms with van der Waals surface area (Å²) in [5.41, 5.74) is 2.49. The fourth-order valence-electron chi connectivity index (χ4n) is 1.32. The van der Waals surface area contributed by atoms with Crippen LogP contribution >= 0.6 is 0 Å². The van der Waals surface area contributed by atoms with Gasteiger partial charge in [0.15, 0.2) is 0 Å². The molecule has 0 aliphatic heterocycles. The number of nitrogens with zero attached hydrogens (tertiary/aromatic N) is 2. The number of non-ortho nitro benzene ring substituents is 1. The molecule has 1 amide bonds. The Morgan fingerprint density at radius 1 is 1.32 bits per heavy atom. The third kappa shape index (κ3) is 3.25. The van der Waals surface area contributed by atoms with Gasteiger partial charge in [0.2, 0.25) is 0 Å². The van der Waals surface area contributed by atoms with Crippen LogP contribution in [0.5, 0.6) is 0 Å². The molecule has 0 aliphatic carbocycles. The van der Waals surface area contributed by atoms with Gasteiger partial charge < -0.3 is 4.42 Å². The molecule has 0 fully saturated rings. The topological polar surface area (TPSA) is 97.7 Å². The lowest BCUT2D eigenvalue weighted by Gasteiger charge is -1.98. The minimum atomic E-state index is -0.531. The number of amides is 1. The lowest BCUT2D eigenvalue weighted by atomic mass is 10.2. The van der Waals surface area contributed by atoms with Crippen LogP contribution in [-0.2, 0) is 0 Å². The van der Waals surface area contributed by atoms with Crippen molar-refractivity contribution in [3.05, 3.63) is 64.1 Å². The van der Waals surface area contributed by atoms with Gasteiger partial charge in [0.05, 0.1) is 17.4 Å². The highest BCUT2D eigenvalue weighted by atomic mass is 16.6. The van der Waals surface area contributed by atoms with Crippen molar-refractivity contribution in [3.8, 4) is 0 Å². The number of nitro benzene ring substituents is 1. The molecule has 1 N–H and O–H groups in total. The van der Waals surface area contributed by atoms with Crippen LogP contribution in [0.25, 0.3) is 0 Å². The Bertz CT molecular complexity index is 602. The summed E-state index contributed by atoms with van der Waals surface area (Å²) in [5.74, 6) is 0.0432. The van der Waals surface area contributed by atoms with Gasteiger partial charge in [0, 0.05) is 17.7 Å². The zero-order valence-electron chi connectivity index (χ0n) is 9.65. The number of rotatable bonds is 4. The maximum absolute atomic E-state index is 11.6. The summed E-state index contributed by atoms with van der Waals surface area (Å²) in [6, 6.07) is 8.60. The zero-order valence-corrected chi connectivity index (χ0v) is 9.65. The van der Waals surface area contributed by atoms with Crippen molar-refractivity contribution in [3.63, 3.8) is 0 Å². The van der Waals surface area contributed by atoms with Crippen LogP contribution in [0.3, 0.4) is 0 Å². The molecule has 2 rings (SSSR count). The number of hydrogen-bond donors (Lipinski definition) is 1. The van der Waals surface area contributed by atoms with E-state index in [1.165, 1.54) is 36.7 Å². The van der Waals surface area contributed by atoms with Crippen molar-refractivity contribution in [2.24, 2.45) is 5.10 Å². The van der Waals surface area contributed by atoms with Gasteiger partial charge in [-0.15, -0.1) is 0 Å². The molecule has 19 heavy (non-hydrogen) atoms. The monoisotopic (exact) mass is 259 g/mol. The fraction of sp³-hybridized carbons (Fsp3) is 0. The molecule has 7 heteroatoms. The summed E-state index contributed by atoms with van der Waals surface area (Å²) in [7, 11) is 0. The quantitative estimate of drug-likeness (QED) is 0.515. The van der Waals surface area contributed by atoms with E-state index in [2.05, 4.69) is 10.5 Å². The van der Waals surface area contributed by atoms with E-state index >= 15 is 0 Å². The van der Waals surface area contributed by atoms with Gasteiger partial charge in [-0.2, -0.15) is 5.10 Å². The maximum atomic E-state index is 11.6. The average Bonchev–Trinajstić information content (AvgIpc) is 2.92. The van der Waals surface area contributed by atoms with Crippen LogP contribution in [0.15, 0.2) is 52.2 Å². The molecule has 0 spiro atoms. The van der Waals surface area contributed by atoms with Gasteiger partial charge in [-0.3, -0.25) is 14.9 Å². The van der Waals surface area contributed by atoms with Crippen molar-refractivity contribution >= 4 is 17.8 Å². The molecule has 0 aliphatic rings. The lowest BCUT2D eigenvalue weighted by molar-refractivity contribution is -0.384. The SMILES string of the molecule is O=C(N/N=C\c1ccco1)c1ccc([N+](=O)[O-])cc1. The number of nitrogens with one attached hydrogen (secondary N) is 1. The van der Waals surface area contributed by atoms with Crippen LogP contribution in [0.1, 0.15) is 16.1 Å². The molecule has 1 aromatic heterocycles. The van der Waals surface area contributed by atoms with Gasteiger partial charge in [0.1, 0.15) is 5.76 Å². The summed E-state index contributed by atoms with van der Waals surface area (Å²) in [4.78, 5) is 21.6. The van der Waals surface area contributed by atoms with Crippen LogP contribution in [-0.4, -0.2) is 17.0 Å². The molecule has 96 valence electrons. The minimum absolute atomic E-state index is 0.0735. The van der Waals surface area contributed by atoms with Crippen LogP contribution in [0, 0.1) is 10.1 Å². The third-order valence-electron chi connectivity index (χ3n) is 2.24. The van der Waals surface area contributed by atoms with Gasteiger partial charge in [-0.25, -0.2) is 5.43 Å². The summed E-state index contributed by atoms with van der Waals surface area (Å²) in [6.07, 6.45) is 2.84. The number of carbonyl (C=O) groups excluding carboxylic acids is 1. The Kier molecular flexibility index (Phi) is 3.67. The largest absolute Gasteiger partial charge is 0.463 e. The number of benzene rings is 1. The molecule has 7 nitrogen and oxygen atoms in total. The second-order valence-corrected chi connectivity index (χ2v) is 3.52. The maximum Gasteiger partial charge on any atom is 0.271 e. The van der Waals surface area contributed by atoms with Crippen LogP contribution < -0.4 is 5.43 Å². The molecular formula is C12H9N3O4. The van der Waals surface area contributed by atoms with Crippen molar-refractivity contribution in [2.45, 2.75) is 0 Å². The van der Waals surface area contributed by atoms with E-state index in [4.69, 9.17) is 4.42 Å². The Morgan fingerprint density at radius 2 is 2.05 bits per heavy atom. The molecular weight excluding hydrogens is 250 g/mol. The van der Waals surface area contributed by atoms with E-state index in [1.807, 2.05) is 0 Å². The molecule has 0 radical (unpaired) electrons. The molecule has 1 heterocycles. The van der Waals surface area contributed by atoms with Gasteiger partial charge in [0.25, 0.3) is 11.6 Å². The first-order chi connectivity index (χ1) is 9.16. The Hall–Kier alpha value is -2.96. The second kappa shape index (κ2) is 5.58. The van der Waals surface area contributed by atoms with E-state index in [0.717, 1.165) is 0 Å². The molecule has 0 atom stereocenters. The van der Waals surface area contributed by atoms with Gasteiger partial charge in [-0.1, -0.05) is 0 Å². The highest BCUT2D eigenvalue weighted by Crippen LogP contribution is 2.11. The molecule has 0 bridgehead atoms. The van der Waals surface area contributed by atoms with Crippen LogP contribution in [0.2, 0.25) is 0 Å². The summed E-state index contributed by atoms with van der Waals surface area (Å²) < 4.78 is 4.99. The number of furan rings is 1. The first kappa shape index (κ1) is 12.5. The van der Waals surface area contributed by atoms with Crippen LogP contribution in [0.4, 0.5) is 5.69 Å². The highest BCUT2D eigenvalue weighted by molar-refractivity contribution is 5.94. The highest BCUT2D eigenvalue weighted by Gasteiger charge is 2.08. The smallest absolute Gasteiger partial charge is 0.271 e. The first-order valence-corrected chi connectivity index (χ1v) is 5.28. The van der Waals surface area contributed by atoms with Crippen molar-refractivity contribution in [1.82, 2.24) is 5.43 Å². The first-order valence-electron chi connectivity index (χ1n) is 5.28. The molecule has 0 unspecified atom stereocenters. The number of nitro groups is 1. The molecule has 0 saturated heterocycles. The van der Waals surface area contributed by atoms with Gasteiger partial charge >= 0.3 is 0 Å². The zero-order chi connectivity index (χ0) is 13.7. The molecule has 0 saturated carbocycles. The molecule has 2 aromatic rings. The summed E-state index contributed by atoms with van der Waals surface area (Å²) >= 11 is 0. The van der Waals surface area contributed by atoms with E-state index in [1.54, 1.807) is 12.1 Å². The third-order valence-corrected chi connectivity index (χ3v) is 2.24. The van der Waals surface area contributed by atoms with Crippen molar-refractivity contribution in [1.29, 1.82) is 0 Å². The fourth-order valence-corrected chi connectivity index (χ4v) is 1.32. The number of carbonyl (C=O) groups is 1. The summed E-state index contributed by atoms with van der Waals surface area (Å²) in [6.45, 7) is 0. The standard InChI is InChI=1S/C12H9N3O4/c16-12(14-13-8-11-2-1-7-19-11)9-3-5-10(6-4-9)15(17)18/h1-8H,(H,14,16)/b13-8-. The normalized spacial score (nSPS) is 10.5. The lowest BCUT2D eigenvalue weighted by Crippen LogP contribution is -2.17. The van der Waals surface area contributed by atoms with Crippen molar-refractivity contribution < 1.29 is 14.1 Å². The minimum Gasteiger partial charge on any atom is -0.463 e. The van der Waals surface area contributed by atoms with Crippen molar-refractivity contribution in [2.75, 3.05) is 0 Å². The Labute approximate surface area is 107 Å². The van der Waals surface area contributed by atoms with E-state index in [-0.39, 0.29) is 11.3 Å². The van der Waals surface area contributed by atoms with E-state index in [9.17, 15) is 14.9 Å². The second-order valence-electron chi connectivity index (χ2n) is 3.52. The number of hydrazone groups is 1. The summed E-state index contributed by atoms with van der Waals surface area (Å²) in [5, 5.41) is 14.2.